The van der Waals surface area contributed by atoms with Crippen LogP contribution in [0.2, 0.25) is 0 Å². The van der Waals surface area contributed by atoms with E-state index in [1.54, 1.807) is 0 Å². The van der Waals surface area contributed by atoms with Gasteiger partial charge in [-0.25, -0.2) is 0 Å². The van der Waals surface area contributed by atoms with Gasteiger partial charge in [0.25, 0.3) is 0 Å². The van der Waals surface area contributed by atoms with E-state index < -0.39 is 18.2 Å². The number of nitrogens with one attached hydrogen (secondary N) is 1. The average Bonchev–Trinajstić information content (AvgIpc) is 3.19. The number of rotatable bonds is 46. The molecule has 1 amide bonds. The van der Waals surface area contributed by atoms with Crippen molar-refractivity contribution < 1.29 is 24.5 Å². The molecule has 0 fully saturated rings. The highest BCUT2D eigenvalue weighted by Gasteiger charge is 2.24. The van der Waals surface area contributed by atoms with Crippen LogP contribution in [-0.2, 0) is 14.3 Å². The zero-order valence-electron chi connectivity index (χ0n) is 38.0. The predicted octanol–water partition coefficient (Wildman–Crippen LogP) is 14.8. The van der Waals surface area contributed by atoms with Crippen molar-refractivity contribution in [1.82, 2.24) is 5.32 Å². The number of carbonyl (C=O) groups excluding carboxylic acids is 2. The van der Waals surface area contributed by atoms with Crippen LogP contribution in [0.5, 0.6) is 0 Å². The van der Waals surface area contributed by atoms with Crippen LogP contribution in [0.3, 0.4) is 0 Å². The summed E-state index contributed by atoms with van der Waals surface area (Å²) in [6.45, 7) is 6.49. The summed E-state index contributed by atoms with van der Waals surface area (Å²) >= 11 is 0. The van der Waals surface area contributed by atoms with Gasteiger partial charge in [-0.15, -0.1) is 0 Å². The van der Waals surface area contributed by atoms with E-state index in [0.717, 1.165) is 38.5 Å². The molecule has 0 aromatic heterocycles. The number of aliphatic hydroxyl groups excluding tert-OH is 2. The molecule has 334 valence electrons. The number of ether oxygens (including phenoxy) is 1. The van der Waals surface area contributed by atoms with Crippen molar-refractivity contribution >= 4 is 11.9 Å². The second kappa shape index (κ2) is 45.0. The maximum atomic E-state index is 13.1. The summed E-state index contributed by atoms with van der Waals surface area (Å²) in [7, 11) is 0. The van der Waals surface area contributed by atoms with Gasteiger partial charge < -0.3 is 20.3 Å². The normalized spacial score (nSPS) is 13.2. The minimum Gasteiger partial charge on any atom is -0.462 e. The zero-order valence-corrected chi connectivity index (χ0v) is 38.0. The molecule has 0 aromatic carbocycles. The van der Waals surface area contributed by atoms with E-state index in [1.807, 2.05) is 0 Å². The monoisotopic (exact) mass is 794 g/mol. The summed E-state index contributed by atoms with van der Waals surface area (Å²) in [6.07, 6.45) is 47.3. The van der Waals surface area contributed by atoms with E-state index >= 15 is 0 Å². The lowest BCUT2D eigenvalue weighted by Gasteiger charge is -2.24. The molecule has 0 bridgehead atoms. The van der Waals surface area contributed by atoms with Gasteiger partial charge >= 0.3 is 5.97 Å². The third kappa shape index (κ3) is 39.7. The van der Waals surface area contributed by atoms with Gasteiger partial charge in [0.15, 0.2) is 0 Å². The van der Waals surface area contributed by atoms with Crippen LogP contribution in [0.1, 0.15) is 284 Å². The lowest BCUT2D eigenvalue weighted by molar-refractivity contribution is -0.151. The van der Waals surface area contributed by atoms with Gasteiger partial charge in [0.05, 0.1) is 25.2 Å². The minimum atomic E-state index is -0.777. The molecule has 0 saturated carbocycles. The maximum absolute atomic E-state index is 13.1. The number of unbranched alkanes of at least 4 members (excludes halogenated alkanes) is 34. The molecule has 0 aliphatic heterocycles. The van der Waals surface area contributed by atoms with E-state index in [4.69, 9.17) is 4.74 Å². The Kier molecular flexibility index (Phi) is 44.0. The molecule has 0 heterocycles. The average molecular weight is 794 g/mol. The van der Waals surface area contributed by atoms with Crippen molar-refractivity contribution in [2.24, 2.45) is 0 Å². The summed E-state index contributed by atoms with van der Waals surface area (Å²) in [6, 6.07) is -0.690. The van der Waals surface area contributed by atoms with Crippen LogP contribution in [0, 0.1) is 0 Å². The molecule has 3 N–H and O–H groups in total. The van der Waals surface area contributed by atoms with Crippen LogP contribution in [0.4, 0.5) is 0 Å². The Hall–Kier alpha value is -1.14. The van der Waals surface area contributed by atoms with Gasteiger partial charge in [-0.05, 0) is 25.7 Å². The van der Waals surface area contributed by atoms with Crippen LogP contribution < -0.4 is 5.32 Å². The fourth-order valence-electron chi connectivity index (χ4n) is 8.08. The van der Waals surface area contributed by atoms with Crippen molar-refractivity contribution in [2.75, 3.05) is 6.61 Å². The van der Waals surface area contributed by atoms with Crippen molar-refractivity contribution in [3.63, 3.8) is 0 Å². The molecule has 0 spiro atoms. The van der Waals surface area contributed by atoms with Crippen molar-refractivity contribution in [1.29, 1.82) is 0 Å². The first kappa shape index (κ1) is 54.9. The van der Waals surface area contributed by atoms with E-state index in [2.05, 4.69) is 26.1 Å². The summed E-state index contributed by atoms with van der Waals surface area (Å²) < 4.78 is 5.92. The molecule has 56 heavy (non-hydrogen) atoms. The van der Waals surface area contributed by atoms with Crippen LogP contribution >= 0.6 is 0 Å². The highest BCUT2D eigenvalue weighted by Crippen LogP contribution is 2.18. The maximum Gasteiger partial charge on any atom is 0.306 e. The summed E-state index contributed by atoms with van der Waals surface area (Å²) in [4.78, 5) is 26.0. The smallest absolute Gasteiger partial charge is 0.306 e. The first-order valence-corrected chi connectivity index (χ1v) is 25.3. The number of esters is 1. The molecule has 3 unspecified atom stereocenters. The summed E-state index contributed by atoms with van der Waals surface area (Å²) in [5, 5.41) is 23.7. The second-order valence-corrected chi connectivity index (χ2v) is 17.6. The highest BCUT2D eigenvalue weighted by atomic mass is 16.5. The third-order valence-corrected chi connectivity index (χ3v) is 11.9. The van der Waals surface area contributed by atoms with Gasteiger partial charge in [-0.2, -0.15) is 0 Å². The summed E-state index contributed by atoms with van der Waals surface area (Å²) in [5.74, 6) is -0.454. The number of carbonyl (C=O) groups is 2. The Morgan fingerprint density at radius 1 is 0.446 bits per heavy atom. The Bertz CT molecular complexity index is 806. The van der Waals surface area contributed by atoms with Crippen LogP contribution in [-0.4, -0.2) is 46.9 Å². The van der Waals surface area contributed by atoms with Gasteiger partial charge in [-0.3, -0.25) is 9.59 Å². The van der Waals surface area contributed by atoms with E-state index in [0.29, 0.717) is 19.3 Å². The molecule has 0 aromatic rings. The largest absolute Gasteiger partial charge is 0.462 e. The topological polar surface area (TPSA) is 95.9 Å². The quantitative estimate of drug-likeness (QED) is 0.0421. The third-order valence-electron chi connectivity index (χ3n) is 11.9. The van der Waals surface area contributed by atoms with Gasteiger partial charge in [0, 0.05) is 6.42 Å². The second-order valence-electron chi connectivity index (χ2n) is 17.6. The van der Waals surface area contributed by atoms with E-state index in [9.17, 15) is 19.8 Å². The molecule has 0 aliphatic rings. The molecule has 6 nitrogen and oxygen atoms in total. The van der Waals surface area contributed by atoms with Crippen molar-refractivity contribution in [2.45, 2.75) is 302 Å². The fraction of sp³-hybridized carbons (Fsp3) is 0.960. The van der Waals surface area contributed by atoms with Gasteiger partial charge in [0.1, 0.15) is 6.10 Å². The number of hydrogen-bond acceptors (Lipinski definition) is 5. The van der Waals surface area contributed by atoms with Crippen LogP contribution in [0.15, 0.2) is 0 Å². The number of amides is 1. The van der Waals surface area contributed by atoms with Crippen molar-refractivity contribution in [3.8, 4) is 0 Å². The summed E-state index contributed by atoms with van der Waals surface area (Å²) in [5.41, 5.74) is 0. The minimum absolute atomic E-state index is 0.0871. The number of hydrogen-bond donors (Lipinski definition) is 3. The first-order valence-electron chi connectivity index (χ1n) is 25.3. The van der Waals surface area contributed by atoms with Gasteiger partial charge in [0.2, 0.25) is 5.91 Å². The molecule has 0 rings (SSSR count). The van der Waals surface area contributed by atoms with Crippen molar-refractivity contribution in [3.05, 3.63) is 0 Å². The standard InChI is InChI=1S/C50H99NO5/c1-4-7-10-13-16-19-22-23-24-25-26-28-31-34-37-40-43-50(55)56-46(41-38-35-32-29-21-18-15-12-9-6-3)44-49(54)51-47(45-52)48(53)42-39-36-33-30-27-20-17-14-11-8-5-2/h46-48,52-53H,4-45H2,1-3H3,(H,51,54). The molecule has 6 heteroatoms. The van der Waals surface area contributed by atoms with Crippen LogP contribution in [0.25, 0.3) is 0 Å². The van der Waals surface area contributed by atoms with E-state index in [1.165, 1.54) is 199 Å². The molecular weight excluding hydrogens is 695 g/mol. The lowest BCUT2D eigenvalue weighted by atomic mass is 10.0. The SMILES string of the molecule is CCCCCCCCCCCCCCCCCCC(=O)OC(CCCCCCCCCCCC)CC(=O)NC(CO)C(O)CCCCCCCCCCCCC. The Balaban J connectivity index is 4.45. The van der Waals surface area contributed by atoms with E-state index in [-0.39, 0.29) is 24.9 Å². The molecule has 3 atom stereocenters. The Labute approximate surface area is 349 Å². The molecule has 0 aliphatic carbocycles. The Morgan fingerprint density at radius 2 is 0.750 bits per heavy atom. The predicted molar refractivity (Wildman–Crippen MR) is 241 cm³/mol. The first-order chi connectivity index (χ1) is 27.5. The lowest BCUT2D eigenvalue weighted by Crippen LogP contribution is -2.46. The zero-order chi connectivity index (χ0) is 41.0. The molecular formula is C50H99NO5. The highest BCUT2D eigenvalue weighted by molar-refractivity contribution is 5.77. The van der Waals surface area contributed by atoms with Gasteiger partial charge in [-0.1, -0.05) is 245 Å². The number of aliphatic hydroxyl groups is 2. The Morgan fingerprint density at radius 3 is 1.09 bits per heavy atom. The molecule has 0 radical (unpaired) electrons. The molecule has 0 saturated heterocycles. The fourth-order valence-corrected chi connectivity index (χ4v) is 8.08.